The molecular formula is C17H20N2O2. The first-order valence-electron chi connectivity index (χ1n) is 7.67. The van der Waals surface area contributed by atoms with Gasteiger partial charge in [0.25, 0.3) is 0 Å². The van der Waals surface area contributed by atoms with Crippen LogP contribution in [0.5, 0.6) is 0 Å². The topological polar surface area (TPSA) is 36.3 Å². The van der Waals surface area contributed by atoms with Crippen LogP contribution < -0.4 is 0 Å². The summed E-state index contributed by atoms with van der Waals surface area (Å²) in [5.41, 5.74) is 3.22. The average molecular weight is 284 g/mol. The lowest BCUT2D eigenvalue weighted by Crippen LogP contribution is -2.25. The molecule has 21 heavy (non-hydrogen) atoms. The molecule has 1 unspecified atom stereocenters. The molecule has 1 saturated carbocycles. The fourth-order valence-corrected chi connectivity index (χ4v) is 3.41. The smallest absolute Gasteiger partial charge is 0.169 e. The van der Waals surface area contributed by atoms with E-state index in [4.69, 9.17) is 9.47 Å². The zero-order valence-corrected chi connectivity index (χ0v) is 12.3. The molecule has 2 aromatic rings. The molecule has 2 fully saturated rings. The third-order valence-corrected chi connectivity index (χ3v) is 4.54. The van der Waals surface area contributed by atoms with Gasteiger partial charge >= 0.3 is 0 Å². The van der Waals surface area contributed by atoms with Crippen LogP contribution in [0.2, 0.25) is 0 Å². The maximum absolute atomic E-state index is 6.24. The highest BCUT2D eigenvalue weighted by molar-refractivity contribution is 5.59. The normalized spacial score (nSPS) is 24.0. The Morgan fingerprint density at radius 3 is 2.71 bits per heavy atom. The van der Waals surface area contributed by atoms with Gasteiger partial charge in [-0.25, -0.2) is 0 Å². The van der Waals surface area contributed by atoms with Crippen molar-refractivity contribution in [1.29, 1.82) is 0 Å². The maximum atomic E-state index is 6.24. The highest BCUT2D eigenvalue weighted by Crippen LogP contribution is 2.44. The largest absolute Gasteiger partial charge is 0.347 e. The molecule has 1 aromatic heterocycles. The second-order valence-electron chi connectivity index (χ2n) is 5.98. The highest BCUT2D eigenvalue weighted by Gasteiger charge is 2.44. The van der Waals surface area contributed by atoms with Crippen molar-refractivity contribution in [2.24, 2.45) is 7.05 Å². The van der Waals surface area contributed by atoms with Gasteiger partial charge in [0, 0.05) is 25.5 Å². The van der Waals surface area contributed by atoms with Crippen LogP contribution in [0, 0.1) is 0 Å². The van der Waals surface area contributed by atoms with E-state index in [1.165, 1.54) is 12.8 Å². The van der Waals surface area contributed by atoms with Crippen LogP contribution in [0.1, 0.15) is 37.5 Å². The summed E-state index contributed by atoms with van der Waals surface area (Å²) in [6.45, 7) is 0.633. The van der Waals surface area contributed by atoms with Crippen LogP contribution in [-0.2, 0) is 16.5 Å². The van der Waals surface area contributed by atoms with E-state index < -0.39 is 0 Å². The zero-order chi connectivity index (χ0) is 14.3. The number of aromatic nitrogens is 2. The molecule has 0 bridgehead atoms. The molecular weight excluding hydrogens is 264 g/mol. The van der Waals surface area contributed by atoms with Crippen LogP contribution in [0.3, 0.4) is 0 Å². The predicted molar refractivity (Wildman–Crippen MR) is 79.6 cm³/mol. The van der Waals surface area contributed by atoms with Crippen LogP contribution in [0.15, 0.2) is 36.4 Å². The Morgan fingerprint density at radius 1 is 1.19 bits per heavy atom. The van der Waals surface area contributed by atoms with Gasteiger partial charge in [0.05, 0.1) is 18.0 Å². The molecule has 1 aliphatic heterocycles. The van der Waals surface area contributed by atoms with Gasteiger partial charge < -0.3 is 9.47 Å². The molecule has 0 radical (unpaired) electrons. The van der Waals surface area contributed by atoms with Crippen molar-refractivity contribution >= 4 is 0 Å². The van der Waals surface area contributed by atoms with E-state index in [1.54, 1.807) is 0 Å². The standard InChI is InChI=1S/C17H20N2O2/c1-19-15(11-14(18-19)13-7-3-2-4-8-13)16-12-20-17(21-16)9-5-6-10-17/h2-4,7-8,11,16H,5-6,9-10,12H2,1H3. The number of ether oxygens (including phenoxy) is 2. The average Bonchev–Trinajstić information content (AvgIpc) is 3.22. The maximum Gasteiger partial charge on any atom is 0.169 e. The van der Waals surface area contributed by atoms with Crippen molar-refractivity contribution < 1.29 is 9.47 Å². The van der Waals surface area contributed by atoms with E-state index >= 15 is 0 Å². The fraction of sp³-hybridized carbons (Fsp3) is 0.471. The Morgan fingerprint density at radius 2 is 1.95 bits per heavy atom. The molecule has 1 aromatic carbocycles. The molecule has 1 atom stereocenters. The lowest BCUT2D eigenvalue weighted by molar-refractivity contribution is -0.163. The number of hydrogen-bond acceptors (Lipinski definition) is 3. The number of nitrogens with zero attached hydrogens (tertiary/aromatic N) is 2. The third-order valence-electron chi connectivity index (χ3n) is 4.54. The Balaban J connectivity index is 1.60. The molecule has 1 saturated heterocycles. The second-order valence-corrected chi connectivity index (χ2v) is 5.98. The summed E-state index contributed by atoms with van der Waals surface area (Å²) >= 11 is 0. The van der Waals surface area contributed by atoms with E-state index in [1.807, 2.05) is 29.9 Å². The van der Waals surface area contributed by atoms with Gasteiger partial charge in [-0.3, -0.25) is 4.68 Å². The SMILES string of the molecule is Cn1nc(-c2ccccc2)cc1C1COC2(CCCC2)O1. The molecule has 4 nitrogen and oxygen atoms in total. The van der Waals surface area contributed by atoms with Crippen molar-refractivity contribution in [3.05, 3.63) is 42.1 Å². The zero-order valence-electron chi connectivity index (χ0n) is 12.3. The van der Waals surface area contributed by atoms with E-state index in [0.717, 1.165) is 29.8 Å². The van der Waals surface area contributed by atoms with Crippen LogP contribution >= 0.6 is 0 Å². The van der Waals surface area contributed by atoms with E-state index in [2.05, 4.69) is 23.3 Å². The van der Waals surface area contributed by atoms with Crippen molar-refractivity contribution in [2.45, 2.75) is 37.6 Å². The van der Waals surface area contributed by atoms with E-state index in [-0.39, 0.29) is 11.9 Å². The summed E-state index contributed by atoms with van der Waals surface area (Å²) in [4.78, 5) is 0. The fourth-order valence-electron chi connectivity index (χ4n) is 3.41. The first-order valence-corrected chi connectivity index (χ1v) is 7.67. The minimum absolute atomic E-state index is 0.00179. The Hall–Kier alpha value is -1.65. The summed E-state index contributed by atoms with van der Waals surface area (Å²) in [6, 6.07) is 12.4. The molecule has 1 spiro atoms. The van der Waals surface area contributed by atoms with Gasteiger partial charge in [0.1, 0.15) is 6.10 Å². The van der Waals surface area contributed by atoms with Gasteiger partial charge in [-0.05, 0) is 18.9 Å². The molecule has 2 heterocycles. The molecule has 0 amide bonds. The van der Waals surface area contributed by atoms with Gasteiger partial charge in [-0.1, -0.05) is 30.3 Å². The molecule has 1 aliphatic carbocycles. The van der Waals surface area contributed by atoms with E-state index in [9.17, 15) is 0 Å². The van der Waals surface area contributed by atoms with Crippen molar-refractivity contribution in [3.8, 4) is 11.3 Å². The molecule has 2 aliphatic rings. The van der Waals surface area contributed by atoms with E-state index in [0.29, 0.717) is 6.61 Å². The van der Waals surface area contributed by atoms with Gasteiger partial charge in [0.2, 0.25) is 0 Å². The third kappa shape index (κ3) is 2.28. The van der Waals surface area contributed by atoms with Crippen LogP contribution in [-0.4, -0.2) is 22.2 Å². The van der Waals surface area contributed by atoms with Gasteiger partial charge in [0.15, 0.2) is 5.79 Å². The summed E-state index contributed by atoms with van der Waals surface area (Å²) in [5.74, 6) is -0.318. The second kappa shape index (κ2) is 4.97. The molecule has 110 valence electrons. The summed E-state index contributed by atoms with van der Waals surface area (Å²) in [7, 11) is 1.98. The number of aryl methyl sites for hydroxylation is 1. The van der Waals surface area contributed by atoms with Gasteiger partial charge in [-0.2, -0.15) is 5.10 Å². The van der Waals surface area contributed by atoms with Crippen molar-refractivity contribution in [1.82, 2.24) is 9.78 Å². The first kappa shape index (κ1) is 13.0. The monoisotopic (exact) mass is 284 g/mol. The highest BCUT2D eigenvalue weighted by atomic mass is 16.7. The lowest BCUT2D eigenvalue weighted by Gasteiger charge is -2.21. The van der Waals surface area contributed by atoms with Crippen LogP contribution in [0.4, 0.5) is 0 Å². The van der Waals surface area contributed by atoms with Crippen molar-refractivity contribution in [2.75, 3.05) is 6.61 Å². The Kier molecular flexibility index (Phi) is 3.08. The summed E-state index contributed by atoms with van der Waals surface area (Å²) < 4.78 is 14.1. The minimum atomic E-state index is -0.318. The van der Waals surface area contributed by atoms with Crippen molar-refractivity contribution in [3.63, 3.8) is 0 Å². The lowest BCUT2D eigenvalue weighted by atomic mass is 10.1. The summed E-state index contributed by atoms with van der Waals surface area (Å²) in [5, 5.41) is 4.62. The number of rotatable bonds is 2. The molecule has 4 rings (SSSR count). The summed E-state index contributed by atoms with van der Waals surface area (Å²) in [6.07, 6.45) is 4.44. The minimum Gasteiger partial charge on any atom is -0.347 e. The number of benzene rings is 1. The molecule has 0 N–H and O–H groups in total. The predicted octanol–water partition coefficient (Wildman–Crippen LogP) is 3.45. The first-order chi connectivity index (χ1) is 10.3. The quantitative estimate of drug-likeness (QED) is 0.847. The number of hydrogen-bond donors (Lipinski definition) is 0. The molecule has 4 heteroatoms. The van der Waals surface area contributed by atoms with Crippen LogP contribution in [0.25, 0.3) is 11.3 Å². The van der Waals surface area contributed by atoms with Gasteiger partial charge in [-0.15, -0.1) is 0 Å². The Labute approximate surface area is 124 Å². The Bertz CT molecular complexity index is 629.